The maximum atomic E-state index is 5.72. The van der Waals surface area contributed by atoms with E-state index in [1.54, 1.807) is 0 Å². The average Bonchev–Trinajstić information content (AvgIpc) is 2.38. The molecule has 0 unspecified atom stereocenters. The molecule has 1 aromatic carbocycles. The van der Waals surface area contributed by atoms with Crippen molar-refractivity contribution in [2.45, 2.75) is 13.8 Å². The standard InChI is InChI=1S/C15H20N2O2/c1-11(2)10-18-7-8-19-15-6-3-12-9-13(16)4-5-14(12)17-15/h3-6,9,11H,7-8,10,16H2,1-2H3. The van der Waals surface area contributed by atoms with Gasteiger partial charge in [0.2, 0.25) is 5.88 Å². The molecule has 102 valence electrons. The molecular formula is C15H20N2O2. The number of nitrogens with zero attached hydrogens (tertiary/aromatic N) is 1. The smallest absolute Gasteiger partial charge is 0.213 e. The number of hydrogen-bond donors (Lipinski definition) is 1. The predicted octanol–water partition coefficient (Wildman–Crippen LogP) is 2.87. The van der Waals surface area contributed by atoms with Gasteiger partial charge in [-0.05, 0) is 30.2 Å². The summed E-state index contributed by atoms with van der Waals surface area (Å²) < 4.78 is 11.0. The second-order valence-electron chi connectivity index (χ2n) is 4.92. The third-order valence-electron chi connectivity index (χ3n) is 2.62. The minimum Gasteiger partial charge on any atom is -0.475 e. The summed E-state index contributed by atoms with van der Waals surface area (Å²) in [6.07, 6.45) is 0. The van der Waals surface area contributed by atoms with E-state index in [1.165, 1.54) is 0 Å². The molecule has 0 bridgehead atoms. The largest absolute Gasteiger partial charge is 0.475 e. The number of pyridine rings is 1. The summed E-state index contributed by atoms with van der Waals surface area (Å²) in [6.45, 7) is 6.10. The number of nitrogen functional groups attached to an aromatic ring is 1. The molecule has 0 aliphatic rings. The minimum absolute atomic E-state index is 0.514. The van der Waals surface area contributed by atoms with Gasteiger partial charge in [-0.15, -0.1) is 0 Å². The van der Waals surface area contributed by atoms with E-state index in [2.05, 4.69) is 18.8 Å². The Hall–Kier alpha value is -1.81. The highest BCUT2D eigenvalue weighted by Gasteiger charge is 2.00. The van der Waals surface area contributed by atoms with Gasteiger partial charge in [0.15, 0.2) is 0 Å². The Bertz CT molecular complexity index is 541. The van der Waals surface area contributed by atoms with Crippen LogP contribution in [0.15, 0.2) is 30.3 Å². The first-order valence-corrected chi connectivity index (χ1v) is 6.52. The summed E-state index contributed by atoms with van der Waals surface area (Å²) in [4.78, 5) is 4.42. The molecule has 1 heterocycles. The van der Waals surface area contributed by atoms with Crippen LogP contribution in [0.1, 0.15) is 13.8 Å². The summed E-state index contributed by atoms with van der Waals surface area (Å²) >= 11 is 0. The fraction of sp³-hybridized carbons (Fsp3) is 0.400. The van der Waals surface area contributed by atoms with Crippen LogP contribution < -0.4 is 10.5 Å². The molecule has 0 aliphatic heterocycles. The van der Waals surface area contributed by atoms with Crippen molar-refractivity contribution >= 4 is 16.6 Å². The van der Waals surface area contributed by atoms with Gasteiger partial charge in [-0.2, -0.15) is 0 Å². The lowest BCUT2D eigenvalue weighted by Crippen LogP contribution is -2.10. The number of rotatable bonds is 6. The highest BCUT2D eigenvalue weighted by Crippen LogP contribution is 2.18. The second kappa shape index (κ2) is 6.38. The van der Waals surface area contributed by atoms with Crippen LogP contribution in [0.5, 0.6) is 5.88 Å². The van der Waals surface area contributed by atoms with Crippen LogP contribution >= 0.6 is 0 Å². The Kier molecular flexibility index (Phi) is 4.58. The normalized spacial score (nSPS) is 11.1. The van der Waals surface area contributed by atoms with Gasteiger partial charge in [0, 0.05) is 23.7 Å². The van der Waals surface area contributed by atoms with Crippen LogP contribution in [0.3, 0.4) is 0 Å². The van der Waals surface area contributed by atoms with Gasteiger partial charge in [-0.3, -0.25) is 0 Å². The zero-order valence-corrected chi connectivity index (χ0v) is 11.4. The van der Waals surface area contributed by atoms with Crippen molar-refractivity contribution in [2.24, 2.45) is 5.92 Å². The van der Waals surface area contributed by atoms with Gasteiger partial charge in [0.05, 0.1) is 12.1 Å². The van der Waals surface area contributed by atoms with Crippen LogP contribution in [-0.4, -0.2) is 24.8 Å². The summed E-state index contributed by atoms with van der Waals surface area (Å²) in [6, 6.07) is 9.45. The van der Waals surface area contributed by atoms with Gasteiger partial charge in [-0.25, -0.2) is 4.98 Å². The van der Waals surface area contributed by atoms with E-state index in [1.807, 2.05) is 30.3 Å². The highest BCUT2D eigenvalue weighted by molar-refractivity contribution is 5.82. The molecular weight excluding hydrogens is 240 g/mol. The number of anilines is 1. The lowest BCUT2D eigenvalue weighted by atomic mass is 10.2. The molecule has 0 radical (unpaired) electrons. The summed E-state index contributed by atoms with van der Waals surface area (Å²) in [5.74, 6) is 1.16. The monoisotopic (exact) mass is 260 g/mol. The molecule has 2 rings (SSSR count). The number of hydrogen-bond acceptors (Lipinski definition) is 4. The number of aromatic nitrogens is 1. The van der Waals surface area contributed by atoms with Crippen LogP contribution in [0.25, 0.3) is 10.9 Å². The Balaban J connectivity index is 1.89. The van der Waals surface area contributed by atoms with Crippen LogP contribution in [0.2, 0.25) is 0 Å². The number of nitrogens with two attached hydrogens (primary N) is 1. The third kappa shape index (κ3) is 4.10. The van der Waals surface area contributed by atoms with E-state index in [-0.39, 0.29) is 0 Å². The van der Waals surface area contributed by atoms with Crippen molar-refractivity contribution in [3.05, 3.63) is 30.3 Å². The zero-order chi connectivity index (χ0) is 13.7. The minimum atomic E-state index is 0.514. The van der Waals surface area contributed by atoms with Crippen LogP contribution in [-0.2, 0) is 4.74 Å². The second-order valence-corrected chi connectivity index (χ2v) is 4.92. The molecule has 0 fully saturated rings. The Morgan fingerprint density at radius 3 is 2.79 bits per heavy atom. The fourth-order valence-electron chi connectivity index (χ4n) is 1.73. The van der Waals surface area contributed by atoms with Gasteiger partial charge in [0.25, 0.3) is 0 Å². The summed E-state index contributed by atoms with van der Waals surface area (Å²) in [5, 5.41) is 1.02. The van der Waals surface area contributed by atoms with Gasteiger partial charge < -0.3 is 15.2 Å². The zero-order valence-electron chi connectivity index (χ0n) is 11.4. The molecule has 0 saturated carbocycles. The first kappa shape index (κ1) is 13.6. The first-order valence-electron chi connectivity index (χ1n) is 6.52. The van der Waals surface area contributed by atoms with E-state index in [9.17, 15) is 0 Å². The summed E-state index contributed by atoms with van der Waals surface area (Å²) in [7, 11) is 0. The van der Waals surface area contributed by atoms with Crippen molar-refractivity contribution in [3.63, 3.8) is 0 Å². The Morgan fingerprint density at radius 2 is 2.00 bits per heavy atom. The fourth-order valence-corrected chi connectivity index (χ4v) is 1.73. The molecule has 19 heavy (non-hydrogen) atoms. The van der Waals surface area contributed by atoms with Crippen molar-refractivity contribution in [1.29, 1.82) is 0 Å². The van der Waals surface area contributed by atoms with Crippen molar-refractivity contribution in [2.75, 3.05) is 25.6 Å². The summed E-state index contributed by atoms with van der Waals surface area (Å²) in [5.41, 5.74) is 7.35. The lowest BCUT2D eigenvalue weighted by molar-refractivity contribution is 0.0807. The van der Waals surface area contributed by atoms with Crippen LogP contribution in [0.4, 0.5) is 5.69 Å². The quantitative estimate of drug-likeness (QED) is 0.641. The van der Waals surface area contributed by atoms with E-state index in [4.69, 9.17) is 15.2 Å². The van der Waals surface area contributed by atoms with Crippen molar-refractivity contribution < 1.29 is 9.47 Å². The SMILES string of the molecule is CC(C)COCCOc1ccc2cc(N)ccc2n1. The molecule has 2 N–H and O–H groups in total. The Morgan fingerprint density at radius 1 is 1.16 bits per heavy atom. The average molecular weight is 260 g/mol. The van der Waals surface area contributed by atoms with Gasteiger partial charge >= 0.3 is 0 Å². The molecule has 0 atom stereocenters. The maximum Gasteiger partial charge on any atom is 0.213 e. The number of ether oxygens (including phenoxy) is 2. The van der Waals surface area contributed by atoms with Crippen molar-refractivity contribution in [3.8, 4) is 5.88 Å². The molecule has 0 amide bonds. The van der Waals surface area contributed by atoms with Crippen LogP contribution in [0, 0.1) is 5.92 Å². The Labute approximate surface area is 113 Å². The predicted molar refractivity (Wildman–Crippen MR) is 77.3 cm³/mol. The maximum absolute atomic E-state index is 5.72. The molecule has 0 saturated heterocycles. The van der Waals surface area contributed by atoms with Gasteiger partial charge in [0.1, 0.15) is 6.61 Å². The lowest BCUT2D eigenvalue weighted by Gasteiger charge is -2.08. The molecule has 0 aliphatic carbocycles. The molecule has 4 nitrogen and oxygen atoms in total. The highest BCUT2D eigenvalue weighted by atomic mass is 16.5. The van der Waals surface area contributed by atoms with E-state index >= 15 is 0 Å². The number of benzene rings is 1. The van der Waals surface area contributed by atoms with Crippen molar-refractivity contribution in [1.82, 2.24) is 4.98 Å². The number of fused-ring (bicyclic) bond motifs is 1. The van der Waals surface area contributed by atoms with E-state index in [0.717, 1.165) is 23.2 Å². The molecule has 0 spiro atoms. The first-order chi connectivity index (χ1) is 9.15. The molecule has 4 heteroatoms. The van der Waals surface area contributed by atoms with Gasteiger partial charge in [-0.1, -0.05) is 13.8 Å². The topological polar surface area (TPSA) is 57.4 Å². The third-order valence-corrected chi connectivity index (χ3v) is 2.62. The molecule has 1 aromatic heterocycles. The molecule has 2 aromatic rings. The van der Waals surface area contributed by atoms with E-state index < -0.39 is 0 Å². The van der Waals surface area contributed by atoms with E-state index in [0.29, 0.717) is 25.0 Å².